The summed E-state index contributed by atoms with van der Waals surface area (Å²) in [6, 6.07) is 0. The quantitative estimate of drug-likeness (QED) is 0.778. The molecule has 0 heterocycles. The Morgan fingerprint density at radius 2 is 1.69 bits per heavy atom. The Hall–Kier alpha value is -0.580. The lowest BCUT2D eigenvalue weighted by Gasteiger charge is -2.24. The standard InChI is InChI=1S/C9H20NO5P/c1-7(16(12,13-5)14-6)10-8(11)15-9(2,3)4/h7H,1-6H3,(H,10,11). The van der Waals surface area contributed by atoms with Gasteiger partial charge in [0.2, 0.25) is 0 Å². The Kier molecular flexibility index (Phi) is 5.46. The molecule has 0 aromatic carbocycles. The summed E-state index contributed by atoms with van der Waals surface area (Å²) in [7, 11) is -0.781. The Morgan fingerprint density at radius 1 is 1.25 bits per heavy atom. The van der Waals surface area contributed by atoms with E-state index in [1.165, 1.54) is 21.1 Å². The lowest BCUT2D eigenvalue weighted by Crippen LogP contribution is -2.38. The van der Waals surface area contributed by atoms with Crippen LogP contribution in [0.3, 0.4) is 0 Å². The normalized spacial score (nSPS) is 14.4. The maximum Gasteiger partial charge on any atom is 0.408 e. The fourth-order valence-electron chi connectivity index (χ4n) is 0.948. The molecule has 7 heteroatoms. The molecule has 96 valence electrons. The van der Waals surface area contributed by atoms with E-state index in [0.29, 0.717) is 0 Å². The molecule has 0 rings (SSSR count). The topological polar surface area (TPSA) is 73.9 Å². The van der Waals surface area contributed by atoms with Crippen LogP contribution in [-0.4, -0.2) is 31.7 Å². The fourth-order valence-corrected chi connectivity index (χ4v) is 1.99. The van der Waals surface area contributed by atoms with Crippen molar-refractivity contribution in [1.29, 1.82) is 0 Å². The van der Waals surface area contributed by atoms with Crippen LogP contribution in [0.4, 0.5) is 4.79 Å². The molecule has 1 amide bonds. The Labute approximate surface area is 96.2 Å². The monoisotopic (exact) mass is 253 g/mol. The first kappa shape index (κ1) is 15.4. The van der Waals surface area contributed by atoms with Crippen molar-refractivity contribution in [2.45, 2.75) is 39.1 Å². The molecule has 0 saturated heterocycles. The molecule has 0 bridgehead atoms. The van der Waals surface area contributed by atoms with E-state index in [2.05, 4.69) is 5.32 Å². The van der Waals surface area contributed by atoms with Gasteiger partial charge in [-0.1, -0.05) is 0 Å². The summed E-state index contributed by atoms with van der Waals surface area (Å²) >= 11 is 0. The predicted octanol–water partition coefficient (Wildman–Crippen LogP) is 2.34. The number of amides is 1. The average molecular weight is 253 g/mol. The van der Waals surface area contributed by atoms with Gasteiger partial charge in [0.25, 0.3) is 0 Å². The van der Waals surface area contributed by atoms with Gasteiger partial charge in [0.05, 0.1) is 0 Å². The summed E-state index contributed by atoms with van der Waals surface area (Å²) < 4.78 is 26.3. The Morgan fingerprint density at radius 3 is 2.00 bits per heavy atom. The second kappa shape index (κ2) is 5.66. The van der Waals surface area contributed by atoms with E-state index in [1.807, 2.05) is 0 Å². The van der Waals surface area contributed by atoms with E-state index in [1.54, 1.807) is 20.8 Å². The van der Waals surface area contributed by atoms with Crippen LogP contribution >= 0.6 is 7.60 Å². The van der Waals surface area contributed by atoms with Crippen LogP contribution in [0.5, 0.6) is 0 Å². The molecule has 1 N–H and O–H groups in total. The first-order valence-electron chi connectivity index (χ1n) is 4.85. The van der Waals surface area contributed by atoms with Crippen molar-refractivity contribution in [3.05, 3.63) is 0 Å². The fraction of sp³-hybridized carbons (Fsp3) is 0.889. The molecule has 0 aliphatic heterocycles. The van der Waals surface area contributed by atoms with Crippen molar-refractivity contribution < 1.29 is 23.1 Å². The van der Waals surface area contributed by atoms with E-state index in [9.17, 15) is 9.36 Å². The van der Waals surface area contributed by atoms with Crippen LogP contribution < -0.4 is 5.32 Å². The molecule has 0 aliphatic rings. The van der Waals surface area contributed by atoms with Gasteiger partial charge in [-0.3, -0.25) is 4.57 Å². The van der Waals surface area contributed by atoms with Gasteiger partial charge >= 0.3 is 13.7 Å². The van der Waals surface area contributed by atoms with Crippen molar-refractivity contribution in [2.75, 3.05) is 14.2 Å². The summed E-state index contributed by atoms with van der Waals surface area (Å²) in [5.74, 6) is -0.766. The van der Waals surface area contributed by atoms with Gasteiger partial charge < -0.3 is 19.1 Å². The molecule has 6 nitrogen and oxygen atoms in total. The maximum atomic E-state index is 11.8. The molecule has 16 heavy (non-hydrogen) atoms. The first-order chi connectivity index (χ1) is 7.14. The maximum absolute atomic E-state index is 11.8. The van der Waals surface area contributed by atoms with Gasteiger partial charge in [-0.2, -0.15) is 0 Å². The zero-order valence-corrected chi connectivity index (χ0v) is 11.5. The van der Waals surface area contributed by atoms with Crippen LogP contribution in [0.2, 0.25) is 0 Å². The second-order valence-corrected chi connectivity index (χ2v) is 6.81. The number of carbonyl (C=O) groups excluding carboxylic acids is 1. The van der Waals surface area contributed by atoms with E-state index in [-0.39, 0.29) is 0 Å². The number of alkyl carbamates (subject to hydrolysis) is 1. The summed E-state index contributed by atoms with van der Waals surface area (Å²) in [5.41, 5.74) is -0.603. The third-order valence-electron chi connectivity index (χ3n) is 1.71. The molecule has 0 spiro atoms. The van der Waals surface area contributed by atoms with E-state index >= 15 is 0 Å². The highest BCUT2D eigenvalue weighted by Crippen LogP contribution is 2.50. The van der Waals surface area contributed by atoms with Gasteiger partial charge in [0.15, 0.2) is 0 Å². The van der Waals surface area contributed by atoms with Crippen molar-refractivity contribution in [1.82, 2.24) is 5.32 Å². The Balaban J connectivity index is 4.40. The van der Waals surface area contributed by atoms with Crippen molar-refractivity contribution >= 4 is 13.7 Å². The zero-order valence-electron chi connectivity index (χ0n) is 10.6. The highest BCUT2D eigenvalue weighted by atomic mass is 31.2. The summed E-state index contributed by atoms with van der Waals surface area (Å²) in [4.78, 5) is 11.4. The van der Waals surface area contributed by atoms with Crippen molar-refractivity contribution in [2.24, 2.45) is 0 Å². The van der Waals surface area contributed by atoms with Gasteiger partial charge in [0, 0.05) is 14.2 Å². The average Bonchev–Trinajstić information content (AvgIpc) is 2.13. The van der Waals surface area contributed by atoms with Crippen LogP contribution in [0.15, 0.2) is 0 Å². The predicted molar refractivity (Wildman–Crippen MR) is 60.5 cm³/mol. The second-order valence-electron chi connectivity index (χ2n) is 4.23. The van der Waals surface area contributed by atoms with E-state index in [0.717, 1.165) is 0 Å². The number of nitrogens with one attached hydrogen (secondary N) is 1. The minimum atomic E-state index is -3.30. The third-order valence-corrected chi connectivity index (χ3v) is 3.80. The minimum absolute atomic E-state index is 0.603. The molecule has 0 aromatic heterocycles. The van der Waals surface area contributed by atoms with Gasteiger partial charge in [-0.25, -0.2) is 4.79 Å². The molecule has 0 saturated carbocycles. The zero-order chi connectivity index (χ0) is 13.0. The van der Waals surface area contributed by atoms with Gasteiger partial charge in [-0.15, -0.1) is 0 Å². The summed E-state index contributed by atoms with van der Waals surface area (Å²) in [6.07, 6.45) is -0.658. The van der Waals surface area contributed by atoms with Gasteiger partial charge in [0.1, 0.15) is 11.4 Å². The highest BCUT2D eigenvalue weighted by molar-refractivity contribution is 7.54. The molecular weight excluding hydrogens is 233 g/mol. The lowest BCUT2D eigenvalue weighted by molar-refractivity contribution is 0.0515. The Bertz CT molecular complexity index is 278. The minimum Gasteiger partial charge on any atom is -0.444 e. The molecule has 0 aliphatic carbocycles. The molecule has 1 atom stereocenters. The molecule has 0 fully saturated rings. The van der Waals surface area contributed by atoms with E-state index in [4.69, 9.17) is 13.8 Å². The number of rotatable bonds is 4. The largest absolute Gasteiger partial charge is 0.444 e. The first-order valence-corrected chi connectivity index (χ1v) is 6.46. The molecule has 1 unspecified atom stereocenters. The van der Waals surface area contributed by atoms with E-state index < -0.39 is 25.1 Å². The lowest BCUT2D eigenvalue weighted by atomic mass is 10.2. The molecular formula is C9H20NO5P. The number of hydrogen-bond acceptors (Lipinski definition) is 5. The highest BCUT2D eigenvalue weighted by Gasteiger charge is 2.32. The third kappa shape index (κ3) is 4.96. The molecule has 0 aromatic rings. The van der Waals surface area contributed by atoms with Crippen molar-refractivity contribution in [3.63, 3.8) is 0 Å². The van der Waals surface area contributed by atoms with Crippen LogP contribution in [0.1, 0.15) is 27.7 Å². The number of hydrogen-bond donors (Lipinski definition) is 1. The van der Waals surface area contributed by atoms with Crippen LogP contribution in [0, 0.1) is 0 Å². The van der Waals surface area contributed by atoms with Gasteiger partial charge in [-0.05, 0) is 27.7 Å². The summed E-state index contributed by atoms with van der Waals surface area (Å²) in [5, 5.41) is 2.40. The SMILES string of the molecule is COP(=O)(OC)C(C)NC(=O)OC(C)(C)C. The smallest absolute Gasteiger partial charge is 0.408 e. The van der Waals surface area contributed by atoms with Crippen molar-refractivity contribution in [3.8, 4) is 0 Å². The van der Waals surface area contributed by atoms with Crippen LogP contribution in [-0.2, 0) is 18.3 Å². The summed E-state index contributed by atoms with van der Waals surface area (Å²) in [6.45, 7) is 6.74. The van der Waals surface area contributed by atoms with Crippen LogP contribution in [0.25, 0.3) is 0 Å². The number of ether oxygens (including phenoxy) is 1. The molecule has 0 radical (unpaired) electrons. The number of carbonyl (C=O) groups is 1.